The van der Waals surface area contributed by atoms with Gasteiger partial charge in [-0.2, -0.15) is 0 Å². The molecule has 0 bridgehead atoms. The molecule has 2 aliphatic rings. The van der Waals surface area contributed by atoms with Crippen LogP contribution in [0.5, 0.6) is 0 Å². The topological polar surface area (TPSA) is 81.8 Å². The summed E-state index contributed by atoms with van der Waals surface area (Å²) in [5, 5.41) is 5.77. The average molecular weight is 370 g/mol. The molecule has 3 rings (SSSR count). The molecule has 0 fully saturated rings. The quantitative estimate of drug-likeness (QED) is 0.827. The van der Waals surface area contributed by atoms with Crippen LogP contribution in [0.1, 0.15) is 32.4 Å². The lowest BCUT2D eigenvalue weighted by atomic mass is 9.96. The second-order valence-corrected chi connectivity index (χ2v) is 7.46. The van der Waals surface area contributed by atoms with Crippen molar-refractivity contribution in [3.05, 3.63) is 47.2 Å². The summed E-state index contributed by atoms with van der Waals surface area (Å²) in [5.41, 5.74) is 2.03. The number of carbonyl (C=O) groups is 3. The zero-order valence-corrected chi connectivity index (χ0v) is 16.2. The van der Waals surface area contributed by atoms with E-state index in [0.717, 1.165) is 5.56 Å². The Bertz CT molecular complexity index is 788. The molecule has 0 aromatic heterocycles. The number of carbonyl (C=O) groups excluding carboxylic acids is 3. The fraction of sp³-hybridized carbons (Fsp3) is 0.450. The summed E-state index contributed by atoms with van der Waals surface area (Å²) in [5.74, 6) is -0.0647. The van der Waals surface area contributed by atoms with Crippen molar-refractivity contribution in [3.63, 3.8) is 0 Å². The molecule has 2 heterocycles. The van der Waals surface area contributed by atoms with E-state index in [1.165, 1.54) is 9.80 Å². The predicted molar refractivity (Wildman–Crippen MR) is 102 cm³/mol. The predicted octanol–water partition coefficient (Wildman–Crippen LogP) is 1.64. The minimum Gasteiger partial charge on any atom is -0.354 e. The maximum atomic E-state index is 13.2. The van der Waals surface area contributed by atoms with E-state index in [1.54, 1.807) is 14.0 Å². The van der Waals surface area contributed by atoms with Gasteiger partial charge in [-0.05, 0) is 18.4 Å². The van der Waals surface area contributed by atoms with Crippen molar-refractivity contribution in [2.45, 2.75) is 32.9 Å². The lowest BCUT2D eigenvalue weighted by Gasteiger charge is -2.31. The lowest BCUT2D eigenvalue weighted by Crippen LogP contribution is -2.47. The molecule has 2 N–H and O–H groups in total. The van der Waals surface area contributed by atoms with E-state index in [9.17, 15) is 14.4 Å². The van der Waals surface area contributed by atoms with Crippen molar-refractivity contribution in [1.82, 2.24) is 20.4 Å². The van der Waals surface area contributed by atoms with E-state index in [0.29, 0.717) is 23.7 Å². The summed E-state index contributed by atoms with van der Waals surface area (Å²) in [7, 11) is 1.65. The van der Waals surface area contributed by atoms with Gasteiger partial charge in [0.1, 0.15) is 6.04 Å². The summed E-state index contributed by atoms with van der Waals surface area (Å²) in [6, 6.07) is 8.03. The Balaban J connectivity index is 1.87. The molecule has 1 aromatic rings. The van der Waals surface area contributed by atoms with E-state index >= 15 is 0 Å². The smallest absolute Gasteiger partial charge is 0.322 e. The van der Waals surface area contributed by atoms with Crippen molar-refractivity contribution >= 4 is 17.8 Å². The van der Waals surface area contributed by atoms with Gasteiger partial charge in [0.05, 0.1) is 23.9 Å². The minimum atomic E-state index is -0.609. The van der Waals surface area contributed by atoms with Gasteiger partial charge in [-0.1, -0.05) is 44.2 Å². The fourth-order valence-corrected chi connectivity index (χ4v) is 3.39. The van der Waals surface area contributed by atoms with Crippen LogP contribution >= 0.6 is 0 Å². The van der Waals surface area contributed by atoms with Crippen LogP contribution in [0.4, 0.5) is 4.79 Å². The Morgan fingerprint density at radius 1 is 1.22 bits per heavy atom. The molecule has 4 amide bonds. The van der Waals surface area contributed by atoms with Crippen LogP contribution in [-0.4, -0.2) is 53.8 Å². The molecular formula is C20H26N4O3. The van der Waals surface area contributed by atoms with Crippen LogP contribution < -0.4 is 10.6 Å². The van der Waals surface area contributed by atoms with Gasteiger partial charge in [0, 0.05) is 13.6 Å². The van der Waals surface area contributed by atoms with E-state index < -0.39 is 12.1 Å². The summed E-state index contributed by atoms with van der Waals surface area (Å²) in [6.45, 7) is 6.56. The molecule has 1 aromatic carbocycles. The maximum absolute atomic E-state index is 13.2. The van der Waals surface area contributed by atoms with E-state index in [1.807, 2.05) is 44.2 Å². The number of rotatable bonds is 5. The molecule has 0 saturated heterocycles. The van der Waals surface area contributed by atoms with E-state index in [4.69, 9.17) is 0 Å². The third-order valence-corrected chi connectivity index (χ3v) is 5.05. The zero-order chi connectivity index (χ0) is 19.7. The number of hydrogen-bond donors (Lipinski definition) is 2. The molecule has 0 aliphatic carbocycles. The molecule has 144 valence electrons. The molecule has 2 aliphatic heterocycles. The Morgan fingerprint density at radius 3 is 2.52 bits per heavy atom. The number of amides is 4. The van der Waals surface area contributed by atoms with E-state index in [2.05, 4.69) is 10.6 Å². The van der Waals surface area contributed by atoms with Crippen molar-refractivity contribution in [2.24, 2.45) is 5.92 Å². The molecule has 7 heteroatoms. The van der Waals surface area contributed by atoms with Gasteiger partial charge in [-0.3, -0.25) is 14.5 Å². The van der Waals surface area contributed by atoms with Crippen molar-refractivity contribution < 1.29 is 14.4 Å². The molecule has 2 atom stereocenters. The first-order chi connectivity index (χ1) is 12.8. The first-order valence-corrected chi connectivity index (χ1v) is 9.22. The summed E-state index contributed by atoms with van der Waals surface area (Å²) in [6.07, 6.45) is 0. The monoisotopic (exact) mass is 370 g/mol. The molecule has 0 radical (unpaired) electrons. The standard InChI is InChI=1S/C20H26N4O3/c1-12(2)10-21-18(25)13(3)24-11-15-16(19(24)26)17(22-20(27)23(15)4)14-8-6-5-7-9-14/h5-9,12-13,17H,10-11H2,1-4H3,(H,21,25)(H,22,27). The third kappa shape index (κ3) is 3.54. The summed E-state index contributed by atoms with van der Waals surface area (Å²) in [4.78, 5) is 41.0. The van der Waals surface area contributed by atoms with Gasteiger partial charge >= 0.3 is 6.03 Å². The van der Waals surface area contributed by atoms with Gasteiger partial charge in [0.2, 0.25) is 5.91 Å². The van der Waals surface area contributed by atoms with Gasteiger partial charge < -0.3 is 15.5 Å². The zero-order valence-electron chi connectivity index (χ0n) is 16.2. The highest BCUT2D eigenvalue weighted by Crippen LogP contribution is 2.36. The second-order valence-electron chi connectivity index (χ2n) is 7.46. The van der Waals surface area contributed by atoms with Crippen LogP contribution in [0.15, 0.2) is 41.6 Å². The van der Waals surface area contributed by atoms with Gasteiger partial charge in [-0.15, -0.1) is 0 Å². The van der Waals surface area contributed by atoms with Gasteiger partial charge in [0.25, 0.3) is 5.91 Å². The summed E-state index contributed by atoms with van der Waals surface area (Å²) >= 11 is 0. The Hall–Kier alpha value is -2.83. The third-order valence-electron chi connectivity index (χ3n) is 5.05. The van der Waals surface area contributed by atoms with Gasteiger partial charge in [0.15, 0.2) is 0 Å². The van der Waals surface area contributed by atoms with Crippen LogP contribution in [0.3, 0.4) is 0 Å². The number of hydrogen-bond acceptors (Lipinski definition) is 3. The Kier molecular flexibility index (Phi) is 5.21. The molecule has 7 nitrogen and oxygen atoms in total. The first-order valence-electron chi connectivity index (χ1n) is 9.22. The number of likely N-dealkylation sites (N-methyl/N-ethyl adjacent to an activating group) is 1. The highest BCUT2D eigenvalue weighted by atomic mass is 16.2. The highest BCUT2D eigenvalue weighted by Gasteiger charge is 2.45. The molecule has 0 spiro atoms. The average Bonchev–Trinajstić information content (AvgIpc) is 3.00. The number of benzene rings is 1. The van der Waals surface area contributed by atoms with Crippen molar-refractivity contribution in [2.75, 3.05) is 20.1 Å². The van der Waals surface area contributed by atoms with Crippen LogP contribution in [0.2, 0.25) is 0 Å². The van der Waals surface area contributed by atoms with Crippen LogP contribution in [0, 0.1) is 5.92 Å². The lowest BCUT2D eigenvalue weighted by molar-refractivity contribution is -0.135. The normalized spacial score (nSPS) is 20.7. The van der Waals surface area contributed by atoms with Gasteiger partial charge in [-0.25, -0.2) is 4.79 Å². The van der Waals surface area contributed by atoms with Crippen molar-refractivity contribution in [1.29, 1.82) is 0 Å². The molecule has 27 heavy (non-hydrogen) atoms. The molecule has 2 unspecified atom stereocenters. The van der Waals surface area contributed by atoms with E-state index in [-0.39, 0.29) is 24.4 Å². The number of nitrogens with one attached hydrogen (secondary N) is 2. The maximum Gasteiger partial charge on any atom is 0.322 e. The fourth-order valence-electron chi connectivity index (χ4n) is 3.39. The first kappa shape index (κ1) is 18.9. The Labute approximate surface area is 159 Å². The van der Waals surface area contributed by atoms with Crippen LogP contribution in [-0.2, 0) is 9.59 Å². The highest BCUT2D eigenvalue weighted by molar-refractivity contribution is 6.03. The largest absolute Gasteiger partial charge is 0.354 e. The Morgan fingerprint density at radius 2 is 1.89 bits per heavy atom. The minimum absolute atomic E-state index is 0.185. The number of urea groups is 1. The summed E-state index contributed by atoms with van der Waals surface area (Å²) < 4.78 is 0. The second kappa shape index (κ2) is 7.42. The van der Waals surface area contributed by atoms with Crippen LogP contribution in [0.25, 0.3) is 0 Å². The number of nitrogens with zero attached hydrogens (tertiary/aromatic N) is 2. The SMILES string of the molecule is CC(C)CNC(=O)C(C)N1CC2=C(C1=O)C(c1ccccc1)NC(=O)N2C. The van der Waals surface area contributed by atoms with Crippen molar-refractivity contribution in [3.8, 4) is 0 Å². The molecular weight excluding hydrogens is 344 g/mol. The molecule has 0 saturated carbocycles.